The first-order valence-corrected chi connectivity index (χ1v) is 2.07. The van der Waals surface area contributed by atoms with E-state index in [0.717, 1.165) is 0 Å². The largest absolute Gasteiger partial charge is 0.337 e. The standard InChI is InChI=1S/C4H6N2O/c7-4-6-3-1-2-5-6/h1-3,7H,4H2/p+1. The number of H-pyrrole nitrogens is 1. The minimum Gasteiger partial charge on any atom is -0.337 e. The number of aromatic nitrogens is 2. The molecule has 0 spiro atoms. The molecule has 0 aliphatic heterocycles. The number of aliphatic hydroxyl groups is 1. The maximum atomic E-state index is 8.36. The molecule has 3 heteroatoms. The van der Waals surface area contributed by atoms with Crippen molar-refractivity contribution >= 4 is 0 Å². The molecule has 1 aromatic heterocycles. The van der Waals surface area contributed by atoms with Gasteiger partial charge in [-0.15, -0.1) is 0 Å². The minimum absolute atomic E-state index is 0.0208. The van der Waals surface area contributed by atoms with Crippen LogP contribution in [0.25, 0.3) is 0 Å². The molecule has 1 rings (SSSR count). The Labute approximate surface area is 41.2 Å². The lowest BCUT2D eigenvalue weighted by atomic mass is 10.8. The fourth-order valence-corrected chi connectivity index (χ4v) is 0.417. The molecule has 0 amide bonds. The van der Waals surface area contributed by atoms with Crippen LogP contribution in [0.1, 0.15) is 0 Å². The van der Waals surface area contributed by atoms with Crippen molar-refractivity contribution in [3.8, 4) is 0 Å². The number of rotatable bonds is 1. The third-order valence-electron chi connectivity index (χ3n) is 0.755. The van der Waals surface area contributed by atoms with Crippen LogP contribution >= 0.6 is 0 Å². The molecule has 0 aliphatic rings. The van der Waals surface area contributed by atoms with E-state index in [0.29, 0.717) is 0 Å². The van der Waals surface area contributed by atoms with Crippen molar-refractivity contribution in [1.82, 2.24) is 5.10 Å². The molecule has 0 bridgehead atoms. The highest BCUT2D eigenvalue weighted by molar-refractivity contribution is 4.66. The molecule has 0 atom stereocenters. The Morgan fingerprint density at radius 2 is 2.57 bits per heavy atom. The fraction of sp³-hybridized carbons (Fsp3) is 0.250. The Kier molecular flexibility index (Phi) is 1.08. The molecule has 0 saturated heterocycles. The molecule has 2 N–H and O–H groups in total. The topological polar surface area (TPSA) is 39.9 Å². The first-order chi connectivity index (χ1) is 3.43. The summed E-state index contributed by atoms with van der Waals surface area (Å²) in [5.74, 6) is 0. The first-order valence-electron chi connectivity index (χ1n) is 2.07. The molecule has 3 nitrogen and oxygen atoms in total. The van der Waals surface area contributed by atoms with Crippen LogP contribution < -0.4 is 4.68 Å². The predicted molar refractivity (Wildman–Crippen MR) is 23.2 cm³/mol. The van der Waals surface area contributed by atoms with Crippen LogP contribution in [0.15, 0.2) is 18.5 Å². The first kappa shape index (κ1) is 4.33. The zero-order valence-electron chi connectivity index (χ0n) is 3.83. The van der Waals surface area contributed by atoms with E-state index in [-0.39, 0.29) is 6.73 Å². The van der Waals surface area contributed by atoms with Crippen LogP contribution in [0.3, 0.4) is 0 Å². The predicted octanol–water partition coefficient (Wildman–Crippen LogP) is -0.748. The average Bonchev–Trinajstić information content (AvgIpc) is 2.14. The number of aliphatic hydroxyl groups excluding tert-OH is 1. The van der Waals surface area contributed by atoms with Crippen molar-refractivity contribution < 1.29 is 9.79 Å². The molecule has 38 valence electrons. The van der Waals surface area contributed by atoms with Gasteiger partial charge in [0.05, 0.1) is 6.20 Å². The second-order valence-electron chi connectivity index (χ2n) is 1.25. The Bertz CT molecular complexity index is 124. The highest BCUT2D eigenvalue weighted by atomic mass is 16.3. The number of hydrogen-bond acceptors (Lipinski definition) is 1. The van der Waals surface area contributed by atoms with Gasteiger partial charge < -0.3 is 5.11 Å². The van der Waals surface area contributed by atoms with Gasteiger partial charge in [0.15, 0.2) is 6.20 Å². The Morgan fingerprint density at radius 3 is 2.86 bits per heavy atom. The van der Waals surface area contributed by atoms with Crippen LogP contribution in [-0.2, 0) is 6.73 Å². The molecule has 0 aliphatic carbocycles. The zero-order valence-corrected chi connectivity index (χ0v) is 3.83. The van der Waals surface area contributed by atoms with E-state index in [1.807, 2.05) is 6.07 Å². The summed E-state index contributed by atoms with van der Waals surface area (Å²) in [5.41, 5.74) is 0. The molecule has 0 fully saturated rings. The molecule has 1 aromatic rings. The fourth-order valence-electron chi connectivity index (χ4n) is 0.417. The minimum atomic E-state index is 0.0208. The summed E-state index contributed by atoms with van der Waals surface area (Å²) in [6.45, 7) is 0.0208. The van der Waals surface area contributed by atoms with Crippen LogP contribution in [0.4, 0.5) is 0 Å². The van der Waals surface area contributed by atoms with Gasteiger partial charge in [0.2, 0.25) is 0 Å². The third-order valence-corrected chi connectivity index (χ3v) is 0.755. The summed E-state index contributed by atoms with van der Waals surface area (Å²) in [6, 6.07) is 1.82. The number of nitrogens with one attached hydrogen (secondary N) is 1. The molecular weight excluding hydrogens is 92.1 g/mol. The van der Waals surface area contributed by atoms with Crippen LogP contribution in [-0.4, -0.2) is 10.2 Å². The van der Waals surface area contributed by atoms with E-state index in [1.165, 1.54) is 0 Å². The molecule has 7 heavy (non-hydrogen) atoms. The van der Waals surface area contributed by atoms with E-state index in [9.17, 15) is 0 Å². The van der Waals surface area contributed by atoms with E-state index < -0.39 is 0 Å². The van der Waals surface area contributed by atoms with E-state index in [1.54, 1.807) is 17.1 Å². The Morgan fingerprint density at radius 1 is 1.71 bits per heavy atom. The lowest BCUT2D eigenvalue weighted by Crippen LogP contribution is -2.34. The van der Waals surface area contributed by atoms with Crippen LogP contribution in [0, 0.1) is 0 Å². The van der Waals surface area contributed by atoms with Gasteiger partial charge in [-0.1, -0.05) is 4.68 Å². The van der Waals surface area contributed by atoms with Gasteiger partial charge in [0.25, 0.3) is 6.73 Å². The van der Waals surface area contributed by atoms with Crippen molar-refractivity contribution in [2.24, 2.45) is 0 Å². The lowest BCUT2D eigenvalue weighted by Gasteiger charge is -1.75. The van der Waals surface area contributed by atoms with Crippen LogP contribution in [0.5, 0.6) is 0 Å². The summed E-state index contributed by atoms with van der Waals surface area (Å²) >= 11 is 0. The highest BCUT2D eigenvalue weighted by Crippen LogP contribution is 1.65. The summed E-state index contributed by atoms with van der Waals surface area (Å²) in [5, 5.41) is 11.1. The van der Waals surface area contributed by atoms with Gasteiger partial charge in [-0.3, -0.25) is 0 Å². The Balaban J connectivity index is 2.76. The smallest absolute Gasteiger partial charge is 0.273 e. The van der Waals surface area contributed by atoms with Gasteiger partial charge >= 0.3 is 0 Å². The number of nitrogens with zero attached hydrogens (tertiary/aromatic N) is 1. The Hall–Kier alpha value is -0.830. The van der Waals surface area contributed by atoms with Gasteiger partial charge in [-0.2, -0.15) is 5.10 Å². The summed E-state index contributed by atoms with van der Waals surface area (Å²) < 4.78 is 1.56. The normalized spacial score (nSPS) is 9.29. The second kappa shape index (κ2) is 1.75. The molecule has 0 radical (unpaired) electrons. The third kappa shape index (κ3) is 0.778. The maximum absolute atomic E-state index is 8.36. The number of aromatic amines is 1. The van der Waals surface area contributed by atoms with Crippen molar-refractivity contribution in [1.29, 1.82) is 0 Å². The van der Waals surface area contributed by atoms with Crippen molar-refractivity contribution in [3.63, 3.8) is 0 Å². The van der Waals surface area contributed by atoms with Crippen LogP contribution in [0.2, 0.25) is 0 Å². The van der Waals surface area contributed by atoms with E-state index in [4.69, 9.17) is 5.11 Å². The van der Waals surface area contributed by atoms with Gasteiger partial charge in [0, 0.05) is 6.07 Å². The monoisotopic (exact) mass is 99.1 g/mol. The van der Waals surface area contributed by atoms with Crippen molar-refractivity contribution in [3.05, 3.63) is 18.5 Å². The van der Waals surface area contributed by atoms with Crippen molar-refractivity contribution in [2.75, 3.05) is 0 Å². The average molecular weight is 99.1 g/mol. The van der Waals surface area contributed by atoms with E-state index >= 15 is 0 Å². The molecular formula is C4H7N2O+. The SMILES string of the molecule is OC[n+]1ccc[nH]1. The van der Waals surface area contributed by atoms with Gasteiger partial charge in [0.1, 0.15) is 0 Å². The summed E-state index contributed by atoms with van der Waals surface area (Å²) in [7, 11) is 0. The molecule has 0 unspecified atom stereocenters. The molecule has 0 aromatic carbocycles. The molecule has 0 saturated carbocycles. The summed E-state index contributed by atoms with van der Waals surface area (Å²) in [6.07, 6.45) is 3.50. The van der Waals surface area contributed by atoms with Gasteiger partial charge in [-0.05, 0) is 0 Å². The van der Waals surface area contributed by atoms with Crippen molar-refractivity contribution in [2.45, 2.75) is 6.73 Å². The van der Waals surface area contributed by atoms with E-state index in [2.05, 4.69) is 5.10 Å². The second-order valence-corrected chi connectivity index (χ2v) is 1.25. The summed E-state index contributed by atoms with van der Waals surface area (Å²) in [4.78, 5) is 0. The zero-order chi connectivity index (χ0) is 5.11. The molecule has 1 heterocycles. The maximum Gasteiger partial charge on any atom is 0.273 e. The quantitative estimate of drug-likeness (QED) is 0.447. The lowest BCUT2D eigenvalue weighted by molar-refractivity contribution is -0.779. The highest BCUT2D eigenvalue weighted by Gasteiger charge is 1.89. The number of hydrogen-bond donors (Lipinski definition) is 2. The van der Waals surface area contributed by atoms with Gasteiger partial charge in [-0.25, -0.2) is 0 Å².